The van der Waals surface area contributed by atoms with Crippen molar-refractivity contribution in [1.82, 2.24) is 20.0 Å². The van der Waals surface area contributed by atoms with Gasteiger partial charge in [0.2, 0.25) is 5.91 Å². The molecule has 1 atom stereocenters. The highest BCUT2D eigenvalue weighted by molar-refractivity contribution is 5.76. The minimum absolute atomic E-state index is 0.288. The van der Waals surface area contributed by atoms with Crippen LogP contribution in [0.3, 0.4) is 0 Å². The van der Waals surface area contributed by atoms with Crippen molar-refractivity contribution >= 4 is 5.91 Å². The van der Waals surface area contributed by atoms with E-state index in [2.05, 4.69) is 24.3 Å². The van der Waals surface area contributed by atoms with E-state index >= 15 is 0 Å². The van der Waals surface area contributed by atoms with E-state index < -0.39 is 0 Å². The first-order valence-electron chi connectivity index (χ1n) is 7.63. The smallest absolute Gasteiger partial charge is 0.223 e. The van der Waals surface area contributed by atoms with Gasteiger partial charge in [0.05, 0.1) is 6.54 Å². The van der Waals surface area contributed by atoms with Crippen molar-refractivity contribution in [3.05, 3.63) is 18.5 Å². The summed E-state index contributed by atoms with van der Waals surface area (Å²) in [5.41, 5.74) is 0. The highest BCUT2D eigenvalue weighted by Gasteiger charge is 2.19. The normalized spacial score (nSPS) is 18.2. The number of rotatable bonds is 6. The molecule has 2 rings (SSSR count). The molecular formula is C15H26N4O. The second kappa shape index (κ2) is 7.43. The molecule has 5 heteroatoms. The van der Waals surface area contributed by atoms with Crippen molar-refractivity contribution in [3.63, 3.8) is 0 Å². The molecule has 1 saturated heterocycles. The maximum atomic E-state index is 12.1. The number of nitrogens with zero attached hydrogens (tertiary/aromatic N) is 3. The van der Waals surface area contributed by atoms with Crippen molar-refractivity contribution < 1.29 is 4.79 Å². The largest absolute Gasteiger partial charge is 0.343 e. The molecule has 1 fully saturated rings. The molecule has 0 spiro atoms. The minimum atomic E-state index is 0.288. The highest BCUT2D eigenvalue weighted by atomic mass is 16.2. The molecule has 0 aromatic carbocycles. The lowest BCUT2D eigenvalue weighted by Crippen LogP contribution is -2.40. The minimum Gasteiger partial charge on any atom is -0.343 e. The van der Waals surface area contributed by atoms with E-state index in [0.717, 1.165) is 44.9 Å². The predicted octanol–water partition coefficient (Wildman–Crippen LogP) is 1.51. The molecule has 0 saturated carbocycles. The maximum Gasteiger partial charge on any atom is 0.223 e. The van der Waals surface area contributed by atoms with Gasteiger partial charge in [0, 0.05) is 44.5 Å². The Kier molecular flexibility index (Phi) is 5.59. The van der Waals surface area contributed by atoms with Gasteiger partial charge in [-0.2, -0.15) is 5.10 Å². The number of hydrogen-bond donors (Lipinski definition) is 1. The van der Waals surface area contributed by atoms with Gasteiger partial charge in [0.15, 0.2) is 0 Å². The number of piperidine rings is 1. The number of nitrogens with one attached hydrogen (secondary N) is 1. The summed E-state index contributed by atoms with van der Waals surface area (Å²) in [4.78, 5) is 14.1. The Bertz CT molecular complexity index is 396. The highest BCUT2D eigenvalue weighted by Crippen LogP contribution is 2.16. The SMILES string of the molecule is CC1CCN(C(=O)CCNC(C)Cn2cccn2)CC1. The van der Waals surface area contributed by atoms with Crippen molar-refractivity contribution in [2.45, 2.75) is 45.7 Å². The zero-order valence-corrected chi connectivity index (χ0v) is 12.6. The zero-order chi connectivity index (χ0) is 14.4. The van der Waals surface area contributed by atoms with Crippen molar-refractivity contribution in [3.8, 4) is 0 Å². The van der Waals surface area contributed by atoms with Crippen LogP contribution in [0.1, 0.15) is 33.1 Å². The fraction of sp³-hybridized carbons (Fsp3) is 0.733. The van der Waals surface area contributed by atoms with E-state index in [-0.39, 0.29) is 5.91 Å². The molecule has 1 aromatic heterocycles. The van der Waals surface area contributed by atoms with Crippen LogP contribution in [-0.4, -0.2) is 46.3 Å². The quantitative estimate of drug-likeness (QED) is 0.858. The zero-order valence-electron chi connectivity index (χ0n) is 12.6. The van der Waals surface area contributed by atoms with Crippen LogP contribution in [0.2, 0.25) is 0 Å². The van der Waals surface area contributed by atoms with Crippen molar-refractivity contribution in [2.75, 3.05) is 19.6 Å². The molecule has 1 N–H and O–H groups in total. The van der Waals surface area contributed by atoms with E-state index in [1.165, 1.54) is 0 Å². The van der Waals surface area contributed by atoms with Crippen LogP contribution in [0.25, 0.3) is 0 Å². The van der Waals surface area contributed by atoms with E-state index in [1.54, 1.807) is 6.20 Å². The van der Waals surface area contributed by atoms with E-state index in [4.69, 9.17) is 0 Å². The Hall–Kier alpha value is -1.36. The van der Waals surface area contributed by atoms with Gasteiger partial charge < -0.3 is 10.2 Å². The lowest BCUT2D eigenvalue weighted by molar-refractivity contribution is -0.132. The average molecular weight is 278 g/mol. The summed E-state index contributed by atoms with van der Waals surface area (Å²) in [6.45, 7) is 7.83. The van der Waals surface area contributed by atoms with Gasteiger partial charge in [0.1, 0.15) is 0 Å². The molecule has 5 nitrogen and oxygen atoms in total. The number of likely N-dealkylation sites (tertiary alicyclic amines) is 1. The van der Waals surface area contributed by atoms with Crippen LogP contribution in [-0.2, 0) is 11.3 Å². The van der Waals surface area contributed by atoms with Crippen molar-refractivity contribution in [2.24, 2.45) is 5.92 Å². The van der Waals surface area contributed by atoms with Gasteiger partial charge in [-0.1, -0.05) is 6.92 Å². The topological polar surface area (TPSA) is 50.2 Å². The monoisotopic (exact) mass is 278 g/mol. The fourth-order valence-corrected chi connectivity index (χ4v) is 2.60. The molecule has 1 aliphatic heterocycles. The van der Waals surface area contributed by atoms with Crippen LogP contribution < -0.4 is 5.32 Å². The summed E-state index contributed by atoms with van der Waals surface area (Å²) < 4.78 is 1.91. The van der Waals surface area contributed by atoms with Crippen LogP contribution in [0, 0.1) is 5.92 Å². The van der Waals surface area contributed by atoms with Gasteiger partial charge in [-0.3, -0.25) is 9.48 Å². The second-order valence-electron chi connectivity index (χ2n) is 5.90. The first kappa shape index (κ1) is 15.0. The molecule has 0 bridgehead atoms. The number of aromatic nitrogens is 2. The summed E-state index contributed by atoms with van der Waals surface area (Å²) >= 11 is 0. The molecule has 1 unspecified atom stereocenters. The van der Waals surface area contributed by atoms with Crippen LogP contribution in [0.4, 0.5) is 0 Å². The molecule has 2 heterocycles. The summed E-state index contributed by atoms with van der Waals surface area (Å²) in [6, 6.07) is 2.25. The maximum absolute atomic E-state index is 12.1. The molecule has 0 aliphatic carbocycles. The molecule has 1 aliphatic rings. The first-order valence-corrected chi connectivity index (χ1v) is 7.63. The number of amides is 1. The van der Waals surface area contributed by atoms with Crippen LogP contribution in [0.5, 0.6) is 0 Å². The van der Waals surface area contributed by atoms with Gasteiger partial charge in [-0.25, -0.2) is 0 Å². The predicted molar refractivity (Wildman–Crippen MR) is 79.3 cm³/mol. The lowest BCUT2D eigenvalue weighted by atomic mass is 9.99. The Morgan fingerprint density at radius 1 is 1.45 bits per heavy atom. The average Bonchev–Trinajstić information content (AvgIpc) is 2.92. The Labute approximate surface area is 121 Å². The Morgan fingerprint density at radius 3 is 2.85 bits per heavy atom. The summed E-state index contributed by atoms with van der Waals surface area (Å²) in [5, 5.41) is 7.57. The fourth-order valence-electron chi connectivity index (χ4n) is 2.60. The Morgan fingerprint density at radius 2 is 2.20 bits per heavy atom. The van der Waals surface area contributed by atoms with Gasteiger partial charge >= 0.3 is 0 Å². The number of carbonyl (C=O) groups is 1. The third kappa shape index (κ3) is 4.63. The van der Waals surface area contributed by atoms with Gasteiger partial charge in [0.25, 0.3) is 0 Å². The molecule has 20 heavy (non-hydrogen) atoms. The van der Waals surface area contributed by atoms with Crippen LogP contribution >= 0.6 is 0 Å². The lowest BCUT2D eigenvalue weighted by Gasteiger charge is -2.30. The van der Waals surface area contributed by atoms with E-state index in [9.17, 15) is 4.79 Å². The standard InChI is InChI=1S/C15H26N4O/c1-13-5-10-18(11-6-13)15(20)4-8-16-14(2)12-19-9-3-7-17-19/h3,7,9,13-14,16H,4-6,8,10-12H2,1-2H3. The van der Waals surface area contributed by atoms with Gasteiger partial charge in [-0.05, 0) is 31.7 Å². The summed E-state index contributed by atoms with van der Waals surface area (Å²) in [5.74, 6) is 1.06. The first-order chi connectivity index (χ1) is 9.65. The summed E-state index contributed by atoms with van der Waals surface area (Å²) in [6.07, 6.45) is 6.63. The van der Waals surface area contributed by atoms with E-state index in [1.807, 2.05) is 21.8 Å². The van der Waals surface area contributed by atoms with Gasteiger partial charge in [-0.15, -0.1) is 0 Å². The molecular weight excluding hydrogens is 252 g/mol. The molecule has 112 valence electrons. The van der Waals surface area contributed by atoms with E-state index in [0.29, 0.717) is 12.5 Å². The molecule has 1 aromatic rings. The molecule has 0 radical (unpaired) electrons. The summed E-state index contributed by atoms with van der Waals surface area (Å²) in [7, 11) is 0. The number of hydrogen-bond acceptors (Lipinski definition) is 3. The van der Waals surface area contributed by atoms with Crippen molar-refractivity contribution in [1.29, 1.82) is 0 Å². The van der Waals surface area contributed by atoms with Crippen LogP contribution in [0.15, 0.2) is 18.5 Å². The third-order valence-corrected chi connectivity index (χ3v) is 3.99. The number of carbonyl (C=O) groups excluding carboxylic acids is 1. The third-order valence-electron chi connectivity index (χ3n) is 3.99. The Balaban J connectivity index is 1.61. The second-order valence-corrected chi connectivity index (χ2v) is 5.90. The molecule has 1 amide bonds.